The van der Waals surface area contributed by atoms with Crippen molar-refractivity contribution < 1.29 is 9.21 Å². The SMILES string of the molecule is Cc1oc(-c2cccs2)nc1C(=O)N[C@H]1CCCc2c1cnn2C. The number of rotatable bonds is 3. The molecule has 0 saturated heterocycles. The molecule has 0 bridgehead atoms. The Morgan fingerprint density at radius 1 is 1.50 bits per heavy atom. The third-order valence-electron chi connectivity index (χ3n) is 4.42. The third-order valence-corrected chi connectivity index (χ3v) is 5.28. The largest absolute Gasteiger partial charge is 0.440 e. The number of aryl methyl sites for hydroxylation is 2. The summed E-state index contributed by atoms with van der Waals surface area (Å²) in [5.74, 6) is 0.845. The Labute approximate surface area is 143 Å². The van der Waals surface area contributed by atoms with Gasteiger partial charge in [0, 0.05) is 18.3 Å². The van der Waals surface area contributed by atoms with Crippen LogP contribution in [0.15, 0.2) is 28.1 Å². The molecule has 1 amide bonds. The van der Waals surface area contributed by atoms with E-state index in [0.717, 1.165) is 29.7 Å². The number of oxazole rings is 1. The topological polar surface area (TPSA) is 73.0 Å². The molecule has 1 aliphatic carbocycles. The van der Waals surface area contributed by atoms with E-state index in [9.17, 15) is 4.79 Å². The number of nitrogens with one attached hydrogen (secondary N) is 1. The zero-order valence-corrected chi connectivity index (χ0v) is 14.4. The van der Waals surface area contributed by atoms with E-state index in [0.29, 0.717) is 17.3 Å². The molecule has 0 fully saturated rings. The number of fused-ring (bicyclic) bond motifs is 1. The standard InChI is InChI=1S/C17H18N4O2S/c1-10-15(20-17(23-10)14-7-4-8-24-14)16(22)19-12-5-3-6-13-11(12)9-18-21(13)2/h4,7-9,12H,3,5-6H2,1-2H3,(H,19,22)/t12-/m0/s1. The fraction of sp³-hybridized carbons (Fsp3) is 0.353. The van der Waals surface area contributed by atoms with Crippen LogP contribution >= 0.6 is 11.3 Å². The number of hydrogen-bond donors (Lipinski definition) is 1. The normalized spacial score (nSPS) is 16.8. The summed E-state index contributed by atoms with van der Waals surface area (Å²) in [6.07, 6.45) is 4.81. The first-order valence-electron chi connectivity index (χ1n) is 7.96. The first kappa shape index (κ1) is 15.1. The van der Waals surface area contributed by atoms with Crippen LogP contribution in [0.2, 0.25) is 0 Å². The van der Waals surface area contributed by atoms with Crippen LogP contribution in [-0.4, -0.2) is 20.7 Å². The summed E-state index contributed by atoms with van der Waals surface area (Å²) >= 11 is 1.54. The van der Waals surface area contributed by atoms with E-state index in [2.05, 4.69) is 15.4 Å². The molecule has 6 nitrogen and oxygen atoms in total. The highest BCUT2D eigenvalue weighted by atomic mass is 32.1. The fourth-order valence-corrected chi connectivity index (χ4v) is 3.84. The monoisotopic (exact) mass is 342 g/mol. The zero-order valence-electron chi connectivity index (χ0n) is 13.6. The maximum Gasteiger partial charge on any atom is 0.274 e. The third kappa shape index (κ3) is 2.54. The minimum atomic E-state index is -0.194. The molecule has 0 saturated carbocycles. The zero-order chi connectivity index (χ0) is 16.7. The smallest absolute Gasteiger partial charge is 0.274 e. The Bertz CT molecular complexity index is 879. The molecule has 1 atom stereocenters. The van der Waals surface area contributed by atoms with Crippen LogP contribution in [0.1, 0.15) is 46.4 Å². The molecule has 7 heteroatoms. The van der Waals surface area contributed by atoms with Crippen LogP contribution in [0.4, 0.5) is 0 Å². The first-order valence-corrected chi connectivity index (χ1v) is 8.84. The van der Waals surface area contributed by atoms with Crippen molar-refractivity contribution in [2.75, 3.05) is 0 Å². The lowest BCUT2D eigenvalue weighted by atomic mass is 9.93. The van der Waals surface area contributed by atoms with Crippen molar-refractivity contribution in [2.45, 2.75) is 32.2 Å². The Morgan fingerprint density at radius 2 is 2.38 bits per heavy atom. The summed E-state index contributed by atoms with van der Waals surface area (Å²) in [4.78, 5) is 18.0. The molecule has 1 aliphatic rings. The molecule has 3 heterocycles. The van der Waals surface area contributed by atoms with Crippen molar-refractivity contribution in [2.24, 2.45) is 7.05 Å². The minimum Gasteiger partial charge on any atom is -0.440 e. The Kier molecular flexibility index (Phi) is 3.72. The summed E-state index contributed by atoms with van der Waals surface area (Å²) in [5, 5.41) is 9.37. The van der Waals surface area contributed by atoms with E-state index < -0.39 is 0 Å². The van der Waals surface area contributed by atoms with E-state index in [1.54, 1.807) is 6.92 Å². The van der Waals surface area contributed by atoms with Crippen LogP contribution in [0.5, 0.6) is 0 Å². The van der Waals surface area contributed by atoms with Crippen molar-refractivity contribution >= 4 is 17.2 Å². The summed E-state index contributed by atoms with van der Waals surface area (Å²) < 4.78 is 7.56. The highest BCUT2D eigenvalue weighted by molar-refractivity contribution is 7.13. The van der Waals surface area contributed by atoms with Gasteiger partial charge in [-0.15, -0.1) is 11.3 Å². The highest BCUT2D eigenvalue weighted by Crippen LogP contribution is 2.30. The number of amides is 1. The van der Waals surface area contributed by atoms with Gasteiger partial charge >= 0.3 is 0 Å². The Balaban J connectivity index is 1.57. The molecule has 0 spiro atoms. The molecule has 1 N–H and O–H groups in total. The quantitative estimate of drug-likeness (QED) is 0.793. The van der Waals surface area contributed by atoms with Gasteiger partial charge in [-0.2, -0.15) is 5.10 Å². The number of nitrogens with zero attached hydrogens (tertiary/aromatic N) is 3. The first-order chi connectivity index (χ1) is 11.6. The van der Waals surface area contributed by atoms with Gasteiger partial charge < -0.3 is 9.73 Å². The Morgan fingerprint density at radius 3 is 3.17 bits per heavy atom. The fourth-order valence-electron chi connectivity index (χ4n) is 3.20. The van der Waals surface area contributed by atoms with Crippen LogP contribution < -0.4 is 5.32 Å². The predicted molar refractivity (Wildman–Crippen MR) is 90.9 cm³/mol. The molecule has 0 aromatic carbocycles. The second-order valence-electron chi connectivity index (χ2n) is 5.99. The number of carbonyl (C=O) groups excluding carboxylic acids is 1. The van der Waals surface area contributed by atoms with E-state index in [4.69, 9.17) is 4.42 Å². The summed E-state index contributed by atoms with van der Waals surface area (Å²) in [6, 6.07) is 3.85. The van der Waals surface area contributed by atoms with E-state index in [1.807, 2.05) is 35.4 Å². The van der Waals surface area contributed by atoms with Crippen molar-refractivity contribution in [1.82, 2.24) is 20.1 Å². The molecule has 3 aromatic rings. The molecule has 124 valence electrons. The summed E-state index contributed by atoms with van der Waals surface area (Å²) in [7, 11) is 1.94. The predicted octanol–water partition coefficient (Wildman–Crippen LogP) is 3.25. The maximum atomic E-state index is 12.7. The number of carbonyl (C=O) groups is 1. The molecule has 0 aliphatic heterocycles. The van der Waals surface area contributed by atoms with Crippen molar-refractivity contribution in [3.8, 4) is 10.8 Å². The van der Waals surface area contributed by atoms with Gasteiger partial charge in [-0.1, -0.05) is 6.07 Å². The lowest BCUT2D eigenvalue weighted by molar-refractivity contribution is 0.0926. The van der Waals surface area contributed by atoms with Crippen molar-refractivity contribution in [3.63, 3.8) is 0 Å². The van der Waals surface area contributed by atoms with Crippen molar-refractivity contribution in [3.05, 3.63) is 46.4 Å². The van der Waals surface area contributed by atoms with Crippen LogP contribution in [-0.2, 0) is 13.5 Å². The van der Waals surface area contributed by atoms with Gasteiger partial charge in [-0.05, 0) is 37.6 Å². The van der Waals surface area contributed by atoms with Gasteiger partial charge in [-0.25, -0.2) is 4.98 Å². The van der Waals surface area contributed by atoms with Crippen LogP contribution in [0, 0.1) is 6.92 Å². The summed E-state index contributed by atoms with van der Waals surface area (Å²) in [5.41, 5.74) is 2.66. The average Bonchev–Trinajstić information content (AvgIpc) is 3.28. The summed E-state index contributed by atoms with van der Waals surface area (Å²) in [6.45, 7) is 1.77. The van der Waals surface area contributed by atoms with E-state index in [1.165, 1.54) is 17.0 Å². The average molecular weight is 342 g/mol. The molecule has 4 rings (SSSR count). The lowest BCUT2D eigenvalue weighted by Crippen LogP contribution is -2.31. The molecule has 3 aromatic heterocycles. The van der Waals surface area contributed by atoms with Gasteiger partial charge in [0.05, 0.1) is 17.1 Å². The molecular formula is C17H18N4O2S. The molecule has 0 unspecified atom stereocenters. The minimum absolute atomic E-state index is 0.0174. The molecule has 0 radical (unpaired) electrons. The number of hydrogen-bond acceptors (Lipinski definition) is 5. The van der Waals surface area contributed by atoms with Gasteiger partial charge in [0.25, 0.3) is 5.91 Å². The lowest BCUT2D eigenvalue weighted by Gasteiger charge is -2.23. The van der Waals surface area contributed by atoms with Gasteiger partial charge in [0.15, 0.2) is 5.69 Å². The van der Waals surface area contributed by atoms with E-state index in [-0.39, 0.29) is 11.9 Å². The van der Waals surface area contributed by atoms with E-state index >= 15 is 0 Å². The Hall–Kier alpha value is -2.41. The second kappa shape index (κ2) is 5.90. The molecule has 24 heavy (non-hydrogen) atoms. The van der Waals surface area contributed by atoms with Crippen LogP contribution in [0.25, 0.3) is 10.8 Å². The van der Waals surface area contributed by atoms with Gasteiger partial charge in [0.1, 0.15) is 5.76 Å². The van der Waals surface area contributed by atoms with Crippen molar-refractivity contribution in [1.29, 1.82) is 0 Å². The maximum absolute atomic E-state index is 12.7. The number of aromatic nitrogens is 3. The highest BCUT2D eigenvalue weighted by Gasteiger charge is 2.27. The van der Waals surface area contributed by atoms with Gasteiger partial charge in [0.2, 0.25) is 5.89 Å². The second-order valence-corrected chi connectivity index (χ2v) is 6.94. The van der Waals surface area contributed by atoms with Crippen LogP contribution in [0.3, 0.4) is 0 Å². The molecular weight excluding hydrogens is 324 g/mol. The van der Waals surface area contributed by atoms with Gasteiger partial charge in [-0.3, -0.25) is 9.48 Å². The number of thiophene rings is 1.